The molecule has 5 heteroatoms. The molecule has 0 fully saturated rings. The molecule has 0 radical (unpaired) electrons. The fourth-order valence-electron chi connectivity index (χ4n) is 6.37. The van der Waals surface area contributed by atoms with Crippen LogP contribution >= 0.6 is 0 Å². The summed E-state index contributed by atoms with van der Waals surface area (Å²) in [6.07, 6.45) is 3.83. The Bertz CT molecular complexity index is 1370. The minimum absolute atomic E-state index is 0. The molecule has 0 amide bonds. The number of benzene rings is 4. The maximum atomic E-state index is 3.83. The summed E-state index contributed by atoms with van der Waals surface area (Å²) in [6.45, 7) is 16.2. The minimum atomic E-state index is -2.64. The monoisotopic (exact) mass is 666 g/mol. The van der Waals surface area contributed by atoms with E-state index in [2.05, 4.69) is 152 Å². The molecule has 42 heavy (non-hydrogen) atoms. The summed E-state index contributed by atoms with van der Waals surface area (Å²) in [4.78, 5) is 0. The molecule has 1 unspecified atom stereocenters. The maximum Gasteiger partial charge on any atom is 4.00 e. The molecule has 0 aromatic heterocycles. The van der Waals surface area contributed by atoms with E-state index < -0.39 is 8.07 Å². The third-order valence-corrected chi connectivity index (χ3v) is 13.8. The third kappa shape index (κ3) is 7.04. The van der Waals surface area contributed by atoms with Gasteiger partial charge in [-0.1, -0.05) is 127 Å². The van der Waals surface area contributed by atoms with E-state index in [1.807, 2.05) is 0 Å². The maximum absolute atomic E-state index is 3.83. The summed E-state index contributed by atoms with van der Waals surface area (Å²) < 4.78 is 0. The van der Waals surface area contributed by atoms with Gasteiger partial charge in [0.15, 0.2) is 0 Å². The van der Waals surface area contributed by atoms with Gasteiger partial charge in [0.25, 0.3) is 0 Å². The molecule has 1 aliphatic rings. The molecule has 0 N–H and O–H groups in total. The standard InChI is InChI=1S/C37H41Si.3ClH.Ti/c1-25(2)29-14-10-17-33(22-29)38(34-18-11-15-30(23-34)26(3)4,35-19-12-16-31(24-35)27(5)6)37-28(7)21-32-13-8-9-20-36(32)37;;;;/h8-20,22-27,37H,1-7H3;3*1H;/q-1;;;;+4/p-3. The van der Waals surface area contributed by atoms with Crippen LogP contribution in [0.15, 0.2) is 103 Å². The number of allylic oxidation sites excluding steroid dienone is 1. The van der Waals surface area contributed by atoms with Crippen molar-refractivity contribution >= 4 is 23.6 Å². The van der Waals surface area contributed by atoms with E-state index in [-0.39, 0.29) is 64.5 Å². The van der Waals surface area contributed by atoms with Crippen molar-refractivity contribution in [2.24, 2.45) is 0 Å². The summed E-state index contributed by atoms with van der Waals surface area (Å²) in [5.41, 5.74) is 8.57. The Balaban J connectivity index is 0.00000220. The van der Waals surface area contributed by atoms with Gasteiger partial charge in [-0.15, -0.1) is 23.3 Å². The van der Waals surface area contributed by atoms with E-state index in [0.717, 1.165) is 0 Å². The second-order valence-electron chi connectivity index (χ2n) is 12.0. The smallest absolute Gasteiger partial charge is 1.00 e. The number of halogens is 3. The number of hydrogen-bond donors (Lipinski definition) is 0. The molecule has 0 spiro atoms. The van der Waals surface area contributed by atoms with Gasteiger partial charge in [-0.05, 0) is 55.5 Å². The topological polar surface area (TPSA) is 0 Å². The van der Waals surface area contributed by atoms with Crippen LogP contribution in [0.5, 0.6) is 0 Å². The number of fused-ring (bicyclic) bond motifs is 1. The van der Waals surface area contributed by atoms with E-state index in [1.165, 1.54) is 49.0 Å². The van der Waals surface area contributed by atoms with Crippen molar-refractivity contribution < 1.29 is 58.9 Å². The number of hydrogen-bond acceptors (Lipinski definition) is 0. The molecule has 1 atom stereocenters. The van der Waals surface area contributed by atoms with Gasteiger partial charge < -0.3 is 37.2 Å². The normalized spacial score (nSPS) is 13.9. The van der Waals surface area contributed by atoms with E-state index in [1.54, 1.807) is 0 Å². The van der Waals surface area contributed by atoms with Crippen LogP contribution in [0.25, 0.3) is 0 Å². The van der Waals surface area contributed by atoms with Gasteiger partial charge in [-0.25, -0.2) is 0 Å². The van der Waals surface area contributed by atoms with Crippen molar-refractivity contribution in [1.82, 2.24) is 0 Å². The first-order chi connectivity index (χ1) is 18.2. The average Bonchev–Trinajstić information content (AvgIpc) is 3.26. The second-order valence-corrected chi connectivity index (χ2v) is 15.9. The molecule has 0 heterocycles. The van der Waals surface area contributed by atoms with Crippen molar-refractivity contribution in [3.05, 3.63) is 137 Å². The average molecular weight is 668 g/mol. The Kier molecular flexibility index (Phi) is 14.6. The Hall–Kier alpha value is -1.58. The predicted octanol–water partition coefficient (Wildman–Crippen LogP) is -1.03. The fraction of sp³-hybridized carbons (Fsp3) is 0.297. The molecule has 4 aromatic carbocycles. The first kappa shape index (κ1) is 38.4. The van der Waals surface area contributed by atoms with Crippen molar-refractivity contribution in [3.63, 3.8) is 0 Å². The molecule has 4 aromatic rings. The van der Waals surface area contributed by atoms with Gasteiger partial charge in [0, 0.05) is 0 Å². The van der Waals surface area contributed by atoms with Crippen LogP contribution in [0.2, 0.25) is 0 Å². The Morgan fingerprint density at radius 3 is 1.31 bits per heavy atom. The Morgan fingerprint density at radius 2 is 0.929 bits per heavy atom. The molecular formula is C37H41Cl3SiTi. The summed E-state index contributed by atoms with van der Waals surface area (Å²) in [5, 5.41) is 4.48. The molecule has 0 aliphatic heterocycles. The van der Waals surface area contributed by atoms with Crippen LogP contribution in [0.4, 0.5) is 0 Å². The first-order valence-corrected chi connectivity index (χ1v) is 16.3. The van der Waals surface area contributed by atoms with Crippen LogP contribution < -0.4 is 52.8 Å². The summed E-state index contributed by atoms with van der Waals surface area (Å²) in [6, 6.07) is 37.7. The van der Waals surface area contributed by atoms with Crippen molar-refractivity contribution in [1.29, 1.82) is 0 Å². The molecule has 0 saturated carbocycles. The SMILES string of the molecule is CC1=[C-]c2ccccc2C1[Si](c1cccc(C(C)C)c1)(c1cccc(C(C)C)c1)c1cccc(C(C)C)c1.[Cl-].[Cl-].[Cl-].[Ti+4]. The van der Waals surface area contributed by atoms with Crippen LogP contribution in [0.3, 0.4) is 0 Å². The Labute approximate surface area is 288 Å². The van der Waals surface area contributed by atoms with Crippen LogP contribution in [0, 0.1) is 6.08 Å². The second kappa shape index (κ2) is 15.9. The first-order valence-electron chi connectivity index (χ1n) is 14.2. The van der Waals surface area contributed by atoms with Gasteiger partial charge in [0.05, 0.1) is 0 Å². The number of rotatable bonds is 7. The van der Waals surface area contributed by atoms with Crippen LogP contribution in [0.1, 0.15) is 99.6 Å². The molecule has 218 valence electrons. The van der Waals surface area contributed by atoms with E-state index in [0.29, 0.717) is 17.8 Å². The van der Waals surface area contributed by atoms with Crippen molar-refractivity contribution in [3.8, 4) is 0 Å². The summed E-state index contributed by atoms with van der Waals surface area (Å²) >= 11 is 0. The minimum Gasteiger partial charge on any atom is -1.00 e. The molecule has 1 aliphatic carbocycles. The molecular weight excluding hydrogens is 627 g/mol. The zero-order valence-corrected chi connectivity index (χ0v) is 30.5. The van der Waals surface area contributed by atoms with Crippen molar-refractivity contribution in [2.45, 2.75) is 71.8 Å². The zero-order valence-electron chi connectivity index (χ0n) is 25.7. The van der Waals surface area contributed by atoms with E-state index in [9.17, 15) is 0 Å². The zero-order chi connectivity index (χ0) is 27.0. The summed E-state index contributed by atoms with van der Waals surface area (Å²) in [5.74, 6) is 1.43. The van der Waals surface area contributed by atoms with Gasteiger partial charge in [-0.3, -0.25) is 0 Å². The van der Waals surface area contributed by atoms with Gasteiger partial charge in [0.2, 0.25) is 0 Å². The largest absolute Gasteiger partial charge is 4.00 e. The van der Waals surface area contributed by atoms with Crippen LogP contribution in [-0.2, 0) is 21.7 Å². The van der Waals surface area contributed by atoms with E-state index in [4.69, 9.17) is 0 Å². The molecule has 0 bridgehead atoms. The third-order valence-electron chi connectivity index (χ3n) is 8.50. The van der Waals surface area contributed by atoms with Crippen molar-refractivity contribution in [2.75, 3.05) is 0 Å². The molecule has 0 nitrogen and oxygen atoms in total. The Morgan fingerprint density at radius 1 is 0.548 bits per heavy atom. The predicted molar refractivity (Wildman–Crippen MR) is 167 cm³/mol. The molecule has 5 rings (SSSR count). The fourth-order valence-corrected chi connectivity index (χ4v) is 12.1. The van der Waals surface area contributed by atoms with Gasteiger partial charge >= 0.3 is 21.7 Å². The van der Waals surface area contributed by atoms with Gasteiger partial charge in [0.1, 0.15) is 8.07 Å². The molecule has 0 saturated heterocycles. The quantitative estimate of drug-likeness (QED) is 0.135. The van der Waals surface area contributed by atoms with Gasteiger partial charge in [-0.2, -0.15) is 17.7 Å². The van der Waals surface area contributed by atoms with Crippen LogP contribution in [-0.4, -0.2) is 8.07 Å². The van der Waals surface area contributed by atoms with E-state index >= 15 is 0 Å². The summed E-state index contributed by atoms with van der Waals surface area (Å²) in [7, 11) is -2.64.